The number of furan rings is 1. The van der Waals surface area contributed by atoms with Crippen molar-refractivity contribution >= 4 is 35.0 Å². The maximum Gasteiger partial charge on any atom is 0.250 e. The molecule has 150 valence electrons. The van der Waals surface area contributed by atoms with Crippen LogP contribution in [0.4, 0.5) is 11.4 Å². The van der Waals surface area contributed by atoms with E-state index < -0.39 is 5.54 Å². The Morgan fingerprint density at radius 2 is 2.03 bits per heavy atom. The molecule has 1 aliphatic rings. The lowest BCUT2D eigenvalue weighted by Crippen LogP contribution is -2.59. The van der Waals surface area contributed by atoms with Gasteiger partial charge in [-0.25, -0.2) is 4.68 Å². The second kappa shape index (κ2) is 6.96. The van der Waals surface area contributed by atoms with E-state index in [-0.39, 0.29) is 17.6 Å². The predicted octanol–water partition coefficient (Wildman–Crippen LogP) is 2.42. The summed E-state index contributed by atoms with van der Waals surface area (Å²) in [6.45, 7) is 5.24. The molecule has 2 aromatic heterocycles. The van der Waals surface area contributed by atoms with Gasteiger partial charge >= 0.3 is 0 Å². The number of thioether (sulfide) groups is 1. The summed E-state index contributed by atoms with van der Waals surface area (Å²) in [6, 6.07) is 8.98. The standard InChI is InChI=1S/C19H20N6O3S/c1-11-12(8-9-28-11)16-22-23-18(25(16)20)29-10-15(26)24-14-7-5-4-6-13(14)21-17(27)19(24,2)3/h4-9H,10,20H2,1-3H3,(H,21,27). The molecule has 9 nitrogen and oxygen atoms in total. The van der Waals surface area contributed by atoms with Gasteiger partial charge in [-0.05, 0) is 39.0 Å². The largest absolute Gasteiger partial charge is 0.469 e. The number of hydrogen-bond acceptors (Lipinski definition) is 7. The first-order valence-electron chi connectivity index (χ1n) is 8.92. The molecule has 0 aliphatic carbocycles. The number of amides is 2. The summed E-state index contributed by atoms with van der Waals surface area (Å²) in [7, 11) is 0. The molecule has 0 saturated heterocycles. The van der Waals surface area contributed by atoms with Gasteiger partial charge in [-0.1, -0.05) is 23.9 Å². The number of carbonyl (C=O) groups is 2. The highest BCUT2D eigenvalue weighted by molar-refractivity contribution is 7.99. The molecule has 10 heteroatoms. The molecule has 29 heavy (non-hydrogen) atoms. The van der Waals surface area contributed by atoms with Crippen molar-refractivity contribution in [1.29, 1.82) is 0 Å². The van der Waals surface area contributed by atoms with Gasteiger partial charge in [0.25, 0.3) is 0 Å². The number of aromatic nitrogens is 3. The van der Waals surface area contributed by atoms with E-state index in [1.54, 1.807) is 39.2 Å². The van der Waals surface area contributed by atoms with Gasteiger partial charge in [-0.3, -0.25) is 14.5 Å². The first kappa shape index (κ1) is 19.1. The molecule has 0 spiro atoms. The van der Waals surface area contributed by atoms with Gasteiger partial charge in [0.05, 0.1) is 29.0 Å². The summed E-state index contributed by atoms with van der Waals surface area (Å²) >= 11 is 1.16. The maximum absolute atomic E-state index is 13.1. The Hall–Kier alpha value is -3.27. The number of hydrogen-bond donors (Lipinski definition) is 2. The van der Waals surface area contributed by atoms with Crippen LogP contribution in [0.15, 0.2) is 46.2 Å². The van der Waals surface area contributed by atoms with Crippen LogP contribution >= 0.6 is 11.8 Å². The zero-order chi connectivity index (χ0) is 20.8. The number of carbonyl (C=O) groups excluding carboxylic acids is 2. The molecule has 0 unspecified atom stereocenters. The molecule has 3 heterocycles. The number of benzene rings is 1. The van der Waals surface area contributed by atoms with Crippen molar-refractivity contribution in [3.63, 3.8) is 0 Å². The summed E-state index contributed by atoms with van der Waals surface area (Å²) in [5.74, 6) is 6.82. The van der Waals surface area contributed by atoms with E-state index in [4.69, 9.17) is 10.3 Å². The summed E-state index contributed by atoms with van der Waals surface area (Å²) in [4.78, 5) is 27.1. The molecule has 0 saturated carbocycles. The SMILES string of the molecule is Cc1occc1-c1nnc(SCC(=O)N2c3ccccc3NC(=O)C2(C)C)n1N. The van der Waals surface area contributed by atoms with Crippen LogP contribution in [0.25, 0.3) is 11.4 Å². The third kappa shape index (κ3) is 3.15. The number of nitrogen functional groups attached to an aromatic ring is 1. The van der Waals surface area contributed by atoms with Crippen LogP contribution < -0.4 is 16.1 Å². The van der Waals surface area contributed by atoms with E-state index in [1.807, 2.05) is 18.2 Å². The lowest BCUT2D eigenvalue weighted by Gasteiger charge is -2.42. The summed E-state index contributed by atoms with van der Waals surface area (Å²) in [6.07, 6.45) is 1.55. The number of fused-ring (bicyclic) bond motifs is 1. The lowest BCUT2D eigenvalue weighted by molar-refractivity contribution is -0.125. The van der Waals surface area contributed by atoms with Crippen molar-refractivity contribution in [3.8, 4) is 11.4 Å². The van der Waals surface area contributed by atoms with E-state index in [9.17, 15) is 9.59 Å². The second-order valence-corrected chi connectivity index (χ2v) is 8.06. The molecule has 1 aliphatic heterocycles. The third-order valence-corrected chi connectivity index (χ3v) is 5.77. The third-order valence-electron chi connectivity index (χ3n) is 4.85. The van der Waals surface area contributed by atoms with Gasteiger partial charge in [0.2, 0.25) is 17.0 Å². The fourth-order valence-corrected chi connectivity index (χ4v) is 3.97. The van der Waals surface area contributed by atoms with E-state index >= 15 is 0 Å². The highest BCUT2D eigenvalue weighted by Crippen LogP contribution is 2.37. The van der Waals surface area contributed by atoms with Crippen molar-refractivity contribution in [3.05, 3.63) is 42.4 Å². The Bertz CT molecular complexity index is 1100. The van der Waals surface area contributed by atoms with Gasteiger partial charge in [0.1, 0.15) is 11.3 Å². The number of rotatable bonds is 4. The zero-order valence-electron chi connectivity index (χ0n) is 16.2. The van der Waals surface area contributed by atoms with Gasteiger partial charge in [-0.2, -0.15) is 0 Å². The van der Waals surface area contributed by atoms with Crippen molar-refractivity contribution in [2.75, 3.05) is 21.8 Å². The number of anilines is 2. The maximum atomic E-state index is 13.1. The Kier molecular flexibility index (Phi) is 4.58. The van der Waals surface area contributed by atoms with Crippen LogP contribution in [0.5, 0.6) is 0 Å². The average Bonchev–Trinajstić information content (AvgIpc) is 3.25. The normalized spacial score (nSPS) is 15.1. The average molecular weight is 412 g/mol. The van der Waals surface area contributed by atoms with Crippen molar-refractivity contribution in [1.82, 2.24) is 14.9 Å². The number of nitrogens with one attached hydrogen (secondary N) is 1. The van der Waals surface area contributed by atoms with Crippen molar-refractivity contribution < 1.29 is 14.0 Å². The minimum absolute atomic E-state index is 0.0464. The zero-order valence-corrected chi connectivity index (χ0v) is 17.0. The monoisotopic (exact) mass is 412 g/mol. The molecule has 0 radical (unpaired) electrons. The first-order chi connectivity index (χ1) is 13.8. The van der Waals surface area contributed by atoms with Gasteiger partial charge in [0.15, 0.2) is 5.82 Å². The minimum atomic E-state index is -1.03. The first-order valence-corrected chi connectivity index (χ1v) is 9.90. The molecule has 0 fully saturated rings. The Morgan fingerprint density at radius 3 is 2.76 bits per heavy atom. The predicted molar refractivity (Wildman–Crippen MR) is 110 cm³/mol. The highest BCUT2D eigenvalue weighted by Gasteiger charge is 2.43. The van der Waals surface area contributed by atoms with E-state index in [1.165, 1.54) is 9.58 Å². The van der Waals surface area contributed by atoms with Gasteiger partial charge in [-0.15, -0.1) is 10.2 Å². The van der Waals surface area contributed by atoms with Crippen LogP contribution in [0, 0.1) is 6.92 Å². The Morgan fingerprint density at radius 1 is 1.28 bits per heavy atom. The topological polar surface area (TPSA) is 119 Å². The van der Waals surface area contributed by atoms with E-state index in [0.29, 0.717) is 28.1 Å². The number of aryl methyl sites for hydroxylation is 1. The second-order valence-electron chi connectivity index (χ2n) is 7.11. The molecule has 3 aromatic rings. The fourth-order valence-electron chi connectivity index (χ4n) is 3.27. The van der Waals surface area contributed by atoms with Gasteiger partial charge < -0.3 is 15.6 Å². The molecule has 4 rings (SSSR count). The molecule has 3 N–H and O–H groups in total. The van der Waals surface area contributed by atoms with Gasteiger partial charge in [0, 0.05) is 0 Å². The van der Waals surface area contributed by atoms with Crippen LogP contribution in [0.1, 0.15) is 19.6 Å². The number of nitrogens with two attached hydrogens (primary N) is 1. The number of nitrogens with zero attached hydrogens (tertiary/aromatic N) is 4. The fraction of sp³-hybridized carbons (Fsp3) is 0.263. The molecule has 1 aromatic carbocycles. The molecule has 0 atom stereocenters. The van der Waals surface area contributed by atoms with Crippen LogP contribution in [0.2, 0.25) is 0 Å². The Balaban J connectivity index is 1.57. The summed E-state index contributed by atoms with van der Waals surface area (Å²) in [5.41, 5.74) is 0.976. The van der Waals surface area contributed by atoms with Crippen molar-refractivity contribution in [2.24, 2.45) is 0 Å². The molecule has 2 amide bonds. The quantitative estimate of drug-likeness (QED) is 0.499. The van der Waals surface area contributed by atoms with Crippen LogP contribution in [-0.2, 0) is 9.59 Å². The molecular weight excluding hydrogens is 392 g/mol. The van der Waals surface area contributed by atoms with Crippen LogP contribution in [-0.4, -0.2) is 38.0 Å². The molecular formula is C19H20N6O3S. The Labute approximate surface area is 171 Å². The smallest absolute Gasteiger partial charge is 0.250 e. The summed E-state index contributed by atoms with van der Waals surface area (Å²) < 4.78 is 6.62. The van der Waals surface area contributed by atoms with Crippen LogP contribution in [0.3, 0.4) is 0 Å². The summed E-state index contributed by atoms with van der Waals surface area (Å²) in [5, 5.41) is 11.4. The minimum Gasteiger partial charge on any atom is -0.469 e. The highest BCUT2D eigenvalue weighted by atomic mass is 32.2. The molecule has 0 bridgehead atoms. The van der Waals surface area contributed by atoms with E-state index in [2.05, 4.69) is 15.5 Å². The van der Waals surface area contributed by atoms with Crippen molar-refractivity contribution in [2.45, 2.75) is 31.5 Å². The lowest BCUT2D eigenvalue weighted by atomic mass is 9.96. The number of para-hydroxylation sites is 2. The van der Waals surface area contributed by atoms with E-state index in [0.717, 1.165) is 17.3 Å².